The molecule has 1 aliphatic heterocycles. The average molecular weight is 263 g/mol. The Morgan fingerprint density at radius 2 is 2.21 bits per heavy atom. The Morgan fingerprint density at radius 3 is 2.84 bits per heavy atom. The van der Waals surface area contributed by atoms with Crippen LogP contribution in [0.3, 0.4) is 0 Å². The van der Waals surface area contributed by atoms with Crippen molar-refractivity contribution >= 4 is 5.82 Å². The molecule has 0 aliphatic carbocycles. The third-order valence-electron chi connectivity index (χ3n) is 3.73. The third kappa shape index (κ3) is 3.91. The van der Waals surface area contributed by atoms with Crippen LogP contribution in [0, 0.1) is 5.92 Å². The van der Waals surface area contributed by atoms with Crippen LogP contribution in [0.1, 0.15) is 25.3 Å². The van der Waals surface area contributed by atoms with E-state index in [1.54, 1.807) is 7.11 Å². The van der Waals surface area contributed by atoms with Gasteiger partial charge in [-0.3, -0.25) is 0 Å². The molecule has 0 spiro atoms. The minimum atomic E-state index is 0.175. The van der Waals surface area contributed by atoms with Crippen molar-refractivity contribution in [1.82, 2.24) is 4.98 Å². The number of aromatic nitrogens is 1. The topological polar surface area (TPSA) is 51.4 Å². The first kappa shape index (κ1) is 14.3. The molecule has 1 aliphatic rings. The van der Waals surface area contributed by atoms with Gasteiger partial charge in [-0.1, -0.05) is 6.07 Å². The van der Waals surface area contributed by atoms with Crippen molar-refractivity contribution in [2.24, 2.45) is 11.7 Å². The standard InChI is InChI=1S/C15H25N3O/c1-12(16)10-14-4-3-7-17-15(14)18-8-5-13(6-9-18)11-19-2/h3-4,7,12-13H,5-6,8-11,16H2,1-2H3. The Hall–Kier alpha value is -1.13. The summed E-state index contributed by atoms with van der Waals surface area (Å²) in [6.07, 6.45) is 5.13. The number of anilines is 1. The van der Waals surface area contributed by atoms with E-state index in [1.165, 1.54) is 18.4 Å². The third-order valence-corrected chi connectivity index (χ3v) is 3.73. The number of methoxy groups -OCH3 is 1. The molecular weight excluding hydrogens is 238 g/mol. The fourth-order valence-electron chi connectivity index (χ4n) is 2.77. The van der Waals surface area contributed by atoms with Crippen molar-refractivity contribution in [3.05, 3.63) is 23.9 Å². The van der Waals surface area contributed by atoms with E-state index in [4.69, 9.17) is 10.5 Å². The van der Waals surface area contributed by atoms with E-state index in [-0.39, 0.29) is 6.04 Å². The number of rotatable bonds is 5. The molecule has 0 saturated carbocycles. The normalized spacial score (nSPS) is 18.6. The van der Waals surface area contributed by atoms with Crippen LogP contribution in [0.25, 0.3) is 0 Å². The number of hydrogen-bond donors (Lipinski definition) is 1. The number of nitrogens with zero attached hydrogens (tertiary/aromatic N) is 2. The SMILES string of the molecule is COCC1CCN(c2ncccc2CC(C)N)CC1. The highest BCUT2D eigenvalue weighted by Crippen LogP contribution is 2.25. The van der Waals surface area contributed by atoms with Crippen LogP contribution < -0.4 is 10.6 Å². The second-order valence-corrected chi connectivity index (χ2v) is 5.55. The van der Waals surface area contributed by atoms with E-state index in [1.807, 2.05) is 19.2 Å². The van der Waals surface area contributed by atoms with Gasteiger partial charge in [0, 0.05) is 39.0 Å². The minimum absolute atomic E-state index is 0.175. The molecule has 1 aromatic heterocycles. The van der Waals surface area contributed by atoms with E-state index in [0.717, 1.165) is 31.9 Å². The molecule has 0 bridgehead atoms. The summed E-state index contributed by atoms with van der Waals surface area (Å²) < 4.78 is 5.25. The second-order valence-electron chi connectivity index (χ2n) is 5.55. The van der Waals surface area contributed by atoms with Crippen LogP contribution in [-0.2, 0) is 11.2 Å². The molecule has 4 heteroatoms. The molecule has 1 saturated heterocycles. The minimum Gasteiger partial charge on any atom is -0.384 e. The van der Waals surface area contributed by atoms with Crippen LogP contribution in [0.15, 0.2) is 18.3 Å². The maximum Gasteiger partial charge on any atom is 0.131 e. The van der Waals surface area contributed by atoms with Gasteiger partial charge in [-0.2, -0.15) is 0 Å². The number of nitrogens with two attached hydrogens (primary N) is 1. The molecular formula is C15H25N3O. The van der Waals surface area contributed by atoms with Gasteiger partial charge < -0.3 is 15.4 Å². The lowest BCUT2D eigenvalue weighted by Crippen LogP contribution is -2.36. The molecule has 4 nitrogen and oxygen atoms in total. The van der Waals surface area contributed by atoms with Crippen LogP contribution in [0.5, 0.6) is 0 Å². The Kier molecular flexibility index (Phi) is 5.16. The lowest BCUT2D eigenvalue weighted by atomic mass is 9.97. The lowest BCUT2D eigenvalue weighted by molar-refractivity contribution is 0.139. The Labute approximate surface area is 116 Å². The highest BCUT2D eigenvalue weighted by molar-refractivity contribution is 5.47. The molecule has 1 atom stereocenters. The summed E-state index contributed by atoms with van der Waals surface area (Å²) in [5, 5.41) is 0. The maximum atomic E-state index is 5.92. The predicted octanol–water partition coefficient (Wildman–Crippen LogP) is 1.83. The largest absolute Gasteiger partial charge is 0.384 e. The quantitative estimate of drug-likeness (QED) is 0.880. The van der Waals surface area contributed by atoms with Crippen molar-refractivity contribution in [2.75, 3.05) is 31.7 Å². The van der Waals surface area contributed by atoms with Gasteiger partial charge in [0.2, 0.25) is 0 Å². The molecule has 1 fully saturated rings. The van der Waals surface area contributed by atoms with Crippen LogP contribution in [0.2, 0.25) is 0 Å². The fraction of sp³-hybridized carbons (Fsp3) is 0.667. The molecule has 2 heterocycles. The number of piperidine rings is 1. The van der Waals surface area contributed by atoms with E-state index < -0.39 is 0 Å². The fourth-order valence-corrected chi connectivity index (χ4v) is 2.77. The number of ether oxygens (including phenoxy) is 1. The van der Waals surface area contributed by atoms with Crippen molar-refractivity contribution < 1.29 is 4.74 Å². The molecule has 1 aromatic rings. The first-order valence-corrected chi connectivity index (χ1v) is 7.14. The maximum absolute atomic E-state index is 5.92. The molecule has 1 unspecified atom stereocenters. The van der Waals surface area contributed by atoms with Crippen LogP contribution in [0.4, 0.5) is 5.82 Å². The van der Waals surface area contributed by atoms with Crippen molar-refractivity contribution in [3.8, 4) is 0 Å². The zero-order valence-corrected chi connectivity index (χ0v) is 12.0. The molecule has 2 rings (SSSR count). The first-order valence-electron chi connectivity index (χ1n) is 7.14. The Bertz CT molecular complexity index is 387. The van der Waals surface area contributed by atoms with Gasteiger partial charge in [0.05, 0.1) is 0 Å². The van der Waals surface area contributed by atoms with Gasteiger partial charge in [-0.15, -0.1) is 0 Å². The highest BCUT2D eigenvalue weighted by Gasteiger charge is 2.21. The van der Waals surface area contributed by atoms with Crippen molar-refractivity contribution in [3.63, 3.8) is 0 Å². The molecule has 0 radical (unpaired) electrons. The summed E-state index contributed by atoms with van der Waals surface area (Å²) >= 11 is 0. The predicted molar refractivity (Wildman–Crippen MR) is 78.4 cm³/mol. The Morgan fingerprint density at radius 1 is 1.47 bits per heavy atom. The Balaban J connectivity index is 2.02. The number of hydrogen-bond acceptors (Lipinski definition) is 4. The van der Waals surface area contributed by atoms with Crippen LogP contribution in [-0.4, -0.2) is 37.8 Å². The summed E-state index contributed by atoms with van der Waals surface area (Å²) in [7, 11) is 1.78. The monoisotopic (exact) mass is 263 g/mol. The van der Waals surface area contributed by atoms with Crippen LogP contribution >= 0.6 is 0 Å². The smallest absolute Gasteiger partial charge is 0.131 e. The number of pyridine rings is 1. The zero-order valence-electron chi connectivity index (χ0n) is 12.0. The van der Waals surface area contributed by atoms with Gasteiger partial charge >= 0.3 is 0 Å². The van der Waals surface area contributed by atoms with Gasteiger partial charge in [-0.05, 0) is 43.7 Å². The van der Waals surface area contributed by atoms with E-state index >= 15 is 0 Å². The second kappa shape index (κ2) is 6.87. The van der Waals surface area contributed by atoms with E-state index in [2.05, 4.69) is 16.0 Å². The van der Waals surface area contributed by atoms with Crippen molar-refractivity contribution in [1.29, 1.82) is 0 Å². The average Bonchev–Trinajstić information content (AvgIpc) is 2.40. The first-order chi connectivity index (χ1) is 9.20. The molecule has 0 amide bonds. The molecule has 2 N–H and O–H groups in total. The molecule has 19 heavy (non-hydrogen) atoms. The van der Waals surface area contributed by atoms with E-state index in [9.17, 15) is 0 Å². The molecule has 106 valence electrons. The highest BCUT2D eigenvalue weighted by atomic mass is 16.5. The van der Waals surface area contributed by atoms with Gasteiger partial charge in [0.25, 0.3) is 0 Å². The van der Waals surface area contributed by atoms with Crippen molar-refractivity contribution in [2.45, 2.75) is 32.2 Å². The van der Waals surface area contributed by atoms with Gasteiger partial charge in [0.15, 0.2) is 0 Å². The summed E-state index contributed by atoms with van der Waals surface area (Å²) in [4.78, 5) is 6.96. The van der Waals surface area contributed by atoms with Gasteiger partial charge in [-0.25, -0.2) is 4.98 Å². The summed E-state index contributed by atoms with van der Waals surface area (Å²) in [6.45, 7) is 5.05. The molecule has 0 aromatic carbocycles. The summed E-state index contributed by atoms with van der Waals surface area (Å²) in [5.41, 5.74) is 7.19. The van der Waals surface area contributed by atoms with E-state index in [0.29, 0.717) is 5.92 Å². The van der Waals surface area contributed by atoms with Gasteiger partial charge in [0.1, 0.15) is 5.82 Å². The zero-order chi connectivity index (χ0) is 13.7. The lowest BCUT2D eigenvalue weighted by Gasteiger charge is -2.33. The summed E-state index contributed by atoms with van der Waals surface area (Å²) in [6, 6.07) is 4.32. The summed E-state index contributed by atoms with van der Waals surface area (Å²) in [5.74, 6) is 1.82.